The molecule has 1 aliphatic heterocycles. The van der Waals surface area contributed by atoms with E-state index in [4.69, 9.17) is 5.21 Å². The smallest absolute Gasteiger partial charge is 0.303 e. The Bertz CT molecular complexity index is 909. The molecule has 3 N–H and O–H groups in total. The molecule has 1 aliphatic rings. The first kappa shape index (κ1) is 18.5. The quantitative estimate of drug-likeness (QED) is 0.228. The first-order valence-corrected chi connectivity index (χ1v) is 8.72. The molecule has 1 aromatic carbocycles. The number of benzene rings is 1. The molecule has 0 unspecified atom stereocenters. The highest BCUT2D eigenvalue weighted by atomic mass is 16.5. The van der Waals surface area contributed by atoms with Gasteiger partial charge in [0.05, 0.1) is 11.2 Å². The SMILES string of the molecule is O=C(CCCCCN1C(=O)N/C(=C\c2ccc3ccccc3n2)C1=O)NO. The number of unbranched alkanes of at least 4 members (excludes halogenated alkanes) is 2. The minimum Gasteiger partial charge on any atom is -0.303 e. The van der Waals surface area contributed by atoms with Crippen molar-refractivity contribution >= 4 is 34.8 Å². The van der Waals surface area contributed by atoms with E-state index in [9.17, 15) is 14.4 Å². The first-order valence-electron chi connectivity index (χ1n) is 8.72. The van der Waals surface area contributed by atoms with E-state index in [0.717, 1.165) is 15.8 Å². The van der Waals surface area contributed by atoms with Crippen LogP contribution in [0.4, 0.5) is 4.79 Å². The fourth-order valence-electron chi connectivity index (χ4n) is 2.87. The topological polar surface area (TPSA) is 112 Å². The number of hydrogen-bond donors (Lipinski definition) is 3. The number of hydrogen-bond acceptors (Lipinski definition) is 5. The molecule has 2 aromatic rings. The number of fused-ring (bicyclic) bond motifs is 1. The van der Waals surface area contributed by atoms with Gasteiger partial charge in [-0.3, -0.25) is 19.7 Å². The van der Waals surface area contributed by atoms with Crippen molar-refractivity contribution in [3.05, 3.63) is 47.8 Å². The predicted molar refractivity (Wildman–Crippen MR) is 98.4 cm³/mol. The van der Waals surface area contributed by atoms with Crippen molar-refractivity contribution in [3.63, 3.8) is 0 Å². The maximum absolute atomic E-state index is 12.5. The highest BCUT2D eigenvalue weighted by molar-refractivity contribution is 6.13. The summed E-state index contributed by atoms with van der Waals surface area (Å²) in [5, 5.41) is 12.0. The largest absolute Gasteiger partial charge is 0.329 e. The summed E-state index contributed by atoms with van der Waals surface area (Å²) in [5.74, 6) is -0.832. The van der Waals surface area contributed by atoms with Gasteiger partial charge < -0.3 is 5.32 Å². The number of carbonyl (C=O) groups is 3. The molecule has 1 saturated heterocycles. The van der Waals surface area contributed by atoms with Gasteiger partial charge in [0.25, 0.3) is 5.91 Å². The average Bonchev–Trinajstić information content (AvgIpc) is 2.94. The van der Waals surface area contributed by atoms with Crippen LogP contribution < -0.4 is 10.8 Å². The highest BCUT2D eigenvalue weighted by Crippen LogP contribution is 2.17. The standard InChI is InChI=1S/C19H20N4O4/c24-17(22-27)8-2-1-5-11-23-18(25)16(21-19(23)26)12-14-10-9-13-6-3-4-7-15(13)20-14/h3-4,6-7,9-10,12,27H,1-2,5,8,11H2,(H,21,26)(H,22,24)/b16-12-. The van der Waals surface area contributed by atoms with Crippen LogP contribution in [0.2, 0.25) is 0 Å². The van der Waals surface area contributed by atoms with Gasteiger partial charge in [0.15, 0.2) is 0 Å². The van der Waals surface area contributed by atoms with Gasteiger partial charge in [-0.15, -0.1) is 0 Å². The number of pyridine rings is 1. The molecular formula is C19H20N4O4. The zero-order valence-corrected chi connectivity index (χ0v) is 14.6. The summed E-state index contributed by atoms with van der Waals surface area (Å²) in [4.78, 5) is 41.1. The van der Waals surface area contributed by atoms with Crippen LogP contribution in [-0.4, -0.2) is 39.5 Å². The fraction of sp³-hybridized carbons (Fsp3) is 0.263. The number of imide groups is 1. The molecule has 0 atom stereocenters. The molecule has 0 saturated carbocycles. The van der Waals surface area contributed by atoms with Gasteiger partial charge in [-0.05, 0) is 31.1 Å². The van der Waals surface area contributed by atoms with Crippen molar-refractivity contribution in [1.29, 1.82) is 0 Å². The summed E-state index contributed by atoms with van der Waals surface area (Å²) >= 11 is 0. The molecule has 3 rings (SSSR count). The minimum absolute atomic E-state index is 0.197. The van der Waals surface area contributed by atoms with E-state index in [0.29, 0.717) is 25.0 Å². The van der Waals surface area contributed by atoms with Crippen LogP contribution in [-0.2, 0) is 9.59 Å². The van der Waals surface area contributed by atoms with Crippen molar-refractivity contribution in [2.45, 2.75) is 25.7 Å². The van der Waals surface area contributed by atoms with Gasteiger partial charge in [-0.25, -0.2) is 15.3 Å². The predicted octanol–water partition coefficient (Wildman–Crippen LogP) is 2.19. The third-order valence-electron chi connectivity index (χ3n) is 4.28. The van der Waals surface area contributed by atoms with Gasteiger partial charge in [-0.2, -0.15) is 0 Å². The number of rotatable bonds is 7. The monoisotopic (exact) mass is 368 g/mol. The molecule has 2 heterocycles. The zero-order chi connectivity index (χ0) is 19.2. The first-order chi connectivity index (χ1) is 13.1. The molecule has 0 aliphatic carbocycles. The Kier molecular flexibility index (Phi) is 5.77. The van der Waals surface area contributed by atoms with E-state index in [-0.39, 0.29) is 24.6 Å². The zero-order valence-electron chi connectivity index (χ0n) is 14.6. The Morgan fingerprint density at radius 1 is 1.15 bits per heavy atom. The lowest BCUT2D eigenvalue weighted by molar-refractivity contribution is -0.129. The lowest BCUT2D eigenvalue weighted by atomic mass is 10.2. The van der Waals surface area contributed by atoms with Crippen LogP contribution in [0.25, 0.3) is 17.0 Å². The molecule has 0 bridgehead atoms. The van der Waals surface area contributed by atoms with E-state index in [1.807, 2.05) is 30.3 Å². The second kappa shape index (κ2) is 8.41. The summed E-state index contributed by atoms with van der Waals surface area (Å²) in [7, 11) is 0. The average molecular weight is 368 g/mol. The summed E-state index contributed by atoms with van der Waals surface area (Å²) in [6.45, 7) is 0.272. The Morgan fingerprint density at radius 2 is 1.96 bits per heavy atom. The second-order valence-electron chi connectivity index (χ2n) is 6.22. The number of para-hydroxylation sites is 1. The summed E-state index contributed by atoms with van der Waals surface area (Å²) in [5.41, 5.74) is 3.17. The normalized spacial score (nSPS) is 15.4. The molecule has 0 radical (unpaired) electrons. The van der Waals surface area contributed by atoms with Crippen LogP contribution >= 0.6 is 0 Å². The van der Waals surface area contributed by atoms with Crippen LogP contribution in [0, 0.1) is 0 Å². The third kappa shape index (κ3) is 4.48. The van der Waals surface area contributed by atoms with Crippen molar-refractivity contribution in [1.82, 2.24) is 20.7 Å². The number of amides is 4. The minimum atomic E-state index is -0.458. The molecule has 140 valence electrons. The molecule has 1 aromatic heterocycles. The maximum Gasteiger partial charge on any atom is 0.329 e. The number of nitrogens with zero attached hydrogens (tertiary/aromatic N) is 2. The lowest BCUT2D eigenvalue weighted by Gasteiger charge is -2.11. The van der Waals surface area contributed by atoms with E-state index < -0.39 is 11.9 Å². The molecule has 1 fully saturated rings. The maximum atomic E-state index is 12.5. The van der Waals surface area contributed by atoms with Crippen molar-refractivity contribution in [2.75, 3.05) is 6.54 Å². The summed E-state index contributed by atoms with van der Waals surface area (Å²) < 4.78 is 0. The van der Waals surface area contributed by atoms with Gasteiger partial charge in [-0.1, -0.05) is 30.7 Å². The Balaban J connectivity index is 1.61. The Hall–Kier alpha value is -3.26. The van der Waals surface area contributed by atoms with Gasteiger partial charge in [0, 0.05) is 18.4 Å². The molecule has 27 heavy (non-hydrogen) atoms. The van der Waals surface area contributed by atoms with Crippen molar-refractivity contribution < 1.29 is 19.6 Å². The Labute approximate surface area is 155 Å². The van der Waals surface area contributed by atoms with Crippen molar-refractivity contribution in [2.24, 2.45) is 0 Å². The molecular weight excluding hydrogens is 348 g/mol. The van der Waals surface area contributed by atoms with Crippen LogP contribution in [0.1, 0.15) is 31.4 Å². The van der Waals surface area contributed by atoms with Crippen LogP contribution in [0.15, 0.2) is 42.1 Å². The second-order valence-corrected chi connectivity index (χ2v) is 6.22. The van der Waals surface area contributed by atoms with E-state index >= 15 is 0 Å². The van der Waals surface area contributed by atoms with Gasteiger partial charge in [0.1, 0.15) is 5.70 Å². The number of nitrogens with one attached hydrogen (secondary N) is 2. The summed E-state index contributed by atoms with van der Waals surface area (Å²) in [6.07, 6.45) is 3.59. The number of hydroxylamine groups is 1. The highest BCUT2D eigenvalue weighted by Gasteiger charge is 2.32. The molecule has 4 amide bonds. The summed E-state index contributed by atoms with van der Waals surface area (Å²) in [6, 6.07) is 10.9. The van der Waals surface area contributed by atoms with Crippen LogP contribution in [0.3, 0.4) is 0 Å². The van der Waals surface area contributed by atoms with Crippen LogP contribution in [0.5, 0.6) is 0 Å². The fourth-order valence-corrected chi connectivity index (χ4v) is 2.87. The molecule has 8 heteroatoms. The van der Waals surface area contributed by atoms with Gasteiger partial charge in [0.2, 0.25) is 5.91 Å². The third-order valence-corrected chi connectivity index (χ3v) is 4.28. The molecule has 8 nitrogen and oxygen atoms in total. The van der Waals surface area contributed by atoms with Crippen molar-refractivity contribution in [3.8, 4) is 0 Å². The Morgan fingerprint density at radius 3 is 2.78 bits per heavy atom. The number of urea groups is 1. The lowest BCUT2D eigenvalue weighted by Crippen LogP contribution is -2.31. The number of aromatic nitrogens is 1. The number of carbonyl (C=O) groups excluding carboxylic acids is 3. The van der Waals surface area contributed by atoms with E-state index in [2.05, 4.69) is 10.3 Å². The van der Waals surface area contributed by atoms with E-state index in [1.54, 1.807) is 17.6 Å². The van der Waals surface area contributed by atoms with E-state index in [1.165, 1.54) is 0 Å². The van der Waals surface area contributed by atoms with Gasteiger partial charge >= 0.3 is 6.03 Å². The molecule has 0 spiro atoms.